The molecule has 13 heavy (non-hydrogen) atoms. The standard InChI is InChI=1S/C9H11N3O/c1-6(13)9(11)8-2-7(3-10)4-12-5-8/h2,4-6,9,13H,11H2,1H3/t6-,9+/m0/s1. The molecule has 0 bridgehead atoms. The van der Waals surface area contributed by atoms with Crippen LogP contribution in [0.2, 0.25) is 0 Å². The largest absolute Gasteiger partial charge is 0.391 e. The van der Waals surface area contributed by atoms with Gasteiger partial charge in [-0.3, -0.25) is 4.98 Å². The van der Waals surface area contributed by atoms with E-state index in [1.54, 1.807) is 19.2 Å². The molecular weight excluding hydrogens is 166 g/mol. The first-order chi connectivity index (χ1) is 6.15. The van der Waals surface area contributed by atoms with Crippen LogP contribution in [0.5, 0.6) is 0 Å². The fourth-order valence-corrected chi connectivity index (χ4v) is 0.980. The van der Waals surface area contributed by atoms with Crippen molar-refractivity contribution in [1.82, 2.24) is 4.98 Å². The second-order valence-corrected chi connectivity index (χ2v) is 2.89. The lowest BCUT2D eigenvalue weighted by Gasteiger charge is -2.14. The van der Waals surface area contributed by atoms with Gasteiger partial charge >= 0.3 is 0 Å². The van der Waals surface area contributed by atoms with E-state index < -0.39 is 12.1 Å². The molecule has 0 saturated heterocycles. The Morgan fingerprint density at radius 2 is 2.31 bits per heavy atom. The Morgan fingerprint density at radius 1 is 1.62 bits per heavy atom. The van der Waals surface area contributed by atoms with Gasteiger partial charge in [0, 0.05) is 12.4 Å². The number of aliphatic hydroxyl groups excluding tert-OH is 1. The molecule has 0 aliphatic heterocycles. The third kappa shape index (κ3) is 2.25. The Morgan fingerprint density at radius 3 is 2.85 bits per heavy atom. The molecule has 0 radical (unpaired) electrons. The zero-order valence-corrected chi connectivity index (χ0v) is 7.31. The van der Waals surface area contributed by atoms with E-state index in [-0.39, 0.29) is 0 Å². The van der Waals surface area contributed by atoms with E-state index in [0.29, 0.717) is 11.1 Å². The van der Waals surface area contributed by atoms with Crippen molar-refractivity contribution in [3.8, 4) is 6.07 Å². The third-order valence-electron chi connectivity index (χ3n) is 1.79. The van der Waals surface area contributed by atoms with E-state index >= 15 is 0 Å². The maximum Gasteiger partial charge on any atom is 0.101 e. The predicted molar refractivity (Wildman–Crippen MR) is 47.6 cm³/mol. The molecule has 4 heteroatoms. The summed E-state index contributed by atoms with van der Waals surface area (Å²) in [5, 5.41) is 17.8. The molecule has 0 fully saturated rings. The summed E-state index contributed by atoms with van der Waals surface area (Å²) in [5.74, 6) is 0. The van der Waals surface area contributed by atoms with E-state index in [4.69, 9.17) is 11.0 Å². The van der Waals surface area contributed by atoms with Gasteiger partial charge in [-0.25, -0.2) is 0 Å². The number of rotatable bonds is 2. The van der Waals surface area contributed by atoms with Gasteiger partial charge in [0.05, 0.1) is 17.7 Å². The average Bonchev–Trinajstić information content (AvgIpc) is 2.16. The lowest BCUT2D eigenvalue weighted by Crippen LogP contribution is -2.23. The van der Waals surface area contributed by atoms with Gasteiger partial charge in [0.2, 0.25) is 0 Å². The van der Waals surface area contributed by atoms with Crippen LogP contribution in [0, 0.1) is 11.3 Å². The Balaban J connectivity index is 2.96. The van der Waals surface area contributed by atoms with Crippen molar-refractivity contribution in [3.05, 3.63) is 29.6 Å². The molecule has 1 aromatic rings. The first-order valence-electron chi connectivity index (χ1n) is 3.94. The van der Waals surface area contributed by atoms with E-state index in [9.17, 15) is 5.11 Å². The van der Waals surface area contributed by atoms with Gasteiger partial charge in [-0.05, 0) is 18.6 Å². The second-order valence-electron chi connectivity index (χ2n) is 2.89. The van der Waals surface area contributed by atoms with Crippen LogP contribution < -0.4 is 5.73 Å². The number of nitriles is 1. The molecule has 2 atom stereocenters. The molecule has 0 unspecified atom stereocenters. The summed E-state index contributed by atoms with van der Waals surface area (Å²) >= 11 is 0. The zero-order valence-electron chi connectivity index (χ0n) is 7.31. The van der Waals surface area contributed by atoms with Crippen molar-refractivity contribution in [1.29, 1.82) is 5.26 Å². The highest BCUT2D eigenvalue weighted by molar-refractivity contribution is 5.30. The molecule has 1 rings (SSSR count). The monoisotopic (exact) mass is 177 g/mol. The molecule has 0 spiro atoms. The van der Waals surface area contributed by atoms with Gasteiger partial charge in [0.15, 0.2) is 0 Å². The fraction of sp³-hybridized carbons (Fsp3) is 0.333. The molecule has 0 aliphatic carbocycles. The van der Waals surface area contributed by atoms with Crippen LogP contribution >= 0.6 is 0 Å². The molecule has 0 amide bonds. The minimum Gasteiger partial charge on any atom is -0.391 e. The van der Waals surface area contributed by atoms with Crippen LogP contribution in [0.15, 0.2) is 18.5 Å². The van der Waals surface area contributed by atoms with Gasteiger partial charge < -0.3 is 10.8 Å². The summed E-state index contributed by atoms with van der Waals surface area (Å²) in [7, 11) is 0. The Bertz CT molecular complexity index is 330. The van der Waals surface area contributed by atoms with Crippen molar-refractivity contribution < 1.29 is 5.11 Å². The van der Waals surface area contributed by atoms with E-state index in [0.717, 1.165) is 0 Å². The highest BCUT2D eigenvalue weighted by Crippen LogP contribution is 2.13. The first kappa shape index (κ1) is 9.65. The third-order valence-corrected chi connectivity index (χ3v) is 1.79. The molecule has 0 saturated carbocycles. The number of hydrogen-bond acceptors (Lipinski definition) is 4. The SMILES string of the molecule is C[C@H](O)[C@@H](N)c1cncc(C#N)c1. The maximum atomic E-state index is 9.20. The van der Waals surface area contributed by atoms with E-state index in [1.807, 2.05) is 6.07 Å². The van der Waals surface area contributed by atoms with Crippen LogP contribution in [-0.4, -0.2) is 16.2 Å². The van der Waals surface area contributed by atoms with Gasteiger partial charge in [-0.1, -0.05) is 0 Å². The molecule has 0 aromatic carbocycles. The molecule has 0 aliphatic rings. The smallest absolute Gasteiger partial charge is 0.101 e. The highest BCUT2D eigenvalue weighted by atomic mass is 16.3. The fourth-order valence-electron chi connectivity index (χ4n) is 0.980. The predicted octanol–water partition coefficient (Wildman–Crippen LogP) is 0.334. The number of hydrogen-bond donors (Lipinski definition) is 2. The van der Waals surface area contributed by atoms with Crippen LogP contribution in [-0.2, 0) is 0 Å². The van der Waals surface area contributed by atoms with Gasteiger partial charge in [-0.2, -0.15) is 5.26 Å². The summed E-state index contributed by atoms with van der Waals surface area (Å²) in [6, 6.07) is 3.11. The Hall–Kier alpha value is -1.44. The molecule has 3 N–H and O–H groups in total. The zero-order chi connectivity index (χ0) is 9.84. The summed E-state index contributed by atoms with van der Waals surface area (Å²) < 4.78 is 0. The van der Waals surface area contributed by atoms with Gasteiger partial charge in [0.1, 0.15) is 6.07 Å². The van der Waals surface area contributed by atoms with Crippen LogP contribution in [0.25, 0.3) is 0 Å². The quantitative estimate of drug-likeness (QED) is 0.682. The lowest BCUT2D eigenvalue weighted by atomic mass is 10.0. The Labute approximate surface area is 76.6 Å². The van der Waals surface area contributed by atoms with Crippen molar-refractivity contribution in [2.24, 2.45) is 5.73 Å². The minimum atomic E-state index is -0.643. The van der Waals surface area contributed by atoms with Crippen LogP contribution in [0.3, 0.4) is 0 Å². The number of aliphatic hydroxyl groups is 1. The number of aromatic nitrogens is 1. The number of nitrogens with two attached hydrogens (primary N) is 1. The molecule has 1 heterocycles. The van der Waals surface area contributed by atoms with Crippen LogP contribution in [0.4, 0.5) is 0 Å². The van der Waals surface area contributed by atoms with E-state index in [2.05, 4.69) is 4.98 Å². The first-order valence-corrected chi connectivity index (χ1v) is 3.94. The Kier molecular flexibility index (Phi) is 2.96. The normalized spacial score (nSPS) is 14.6. The molecule has 4 nitrogen and oxygen atoms in total. The second kappa shape index (κ2) is 3.99. The summed E-state index contributed by atoms with van der Waals surface area (Å²) in [6.07, 6.45) is 2.37. The minimum absolute atomic E-state index is 0.452. The van der Waals surface area contributed by atoms with Gasteiger partial charge in [0.25, 0.3) is 0 Å². The van der Waals surface area contributed by atoms with Crippen LogP contribution in [0.1, 0.15) is 24.1 Å². The van der Waals surface area contributed by atoms with Gasteiger partial charge in [-0.15, -0.1) is 0 Å². The van der Waals surface area contributed by atoms with E-state index in [1.165, 1.54) is 6.20 Å². The summed E-state index contributed by atoms with van der Waals surface area (Å²) in [5.41, 5.74) is 6.79. The van der Waals surface area contributed by atoms with Crippen molar-refractivity contribution in [2.45, 2.75) is 19.1 Å². The number of nitrogens with zero attached hydrogens (tertiary/aromatic N) is 2. The van der Waals surface area contributed by atoms with Crippen molar-refractivity contribution in [2.75, 3.05) is 0 Å². The highest BCUT2D eigenvalue weighted by Gasteiger charge is 2.12. The lowest BCUT2D eigenvalue weighted by molar-refractivity contribution is 0.164. The summed E-state index contributed by atoms with van der Waals surface area (Å²) in [4.78, 5) is 3.85. The molecular formula is C9H11N3O. The maximum absolute atomic E-state index is 9.20. The average molecular weight is 177 g/mol. The van der Waals surface area contributed by atoms with Crippen molar-refractivity contribution in [3.63, 3.8) is 0 Å². The molecule has 1 aromatic heterocycles. The topological polar surface area (TPSA) is 82.9 Å². The van der Waals surface area contributed by atoms with Crippen molar-refractivity contribution >= 4 is 0 Å². The molecule has 68 valence electrons. The summed E-state index contributed by atoms with van der Waals surface area (Å²) in [6.45, 7) is 1.60. The number of pyridine rings is 1.